The van der Waals surface area contributed by atoms with Crippen LogP contribution in [-0.4, -0.2) is 70.7 Å². The second-order valence-corrected chi connectivity index (χ2v) is 9.40. The van der Waals surface area contributed by atoms with Crippen LogP contribution < -0.4 is 15.5 Å². The molecular weight excluding hydrogens is 446 g/mol. The zero-order valence-electron chi connectivity index (χ0n) is 19.8. The van der Waals surface area contributed by atoms with Crippen LogP contribution in [0.3, 0.4) is 0 Å². The number of hydrogen-bond donors (Lipinski definition) is 2. The lowest BCUT2D eigenvalue weighted by Gasteiger charge is -2.34. The number of carbonyl (C=O) groups is 1. The highest BCUT2D eigenvalue weighted by Crippen LogP contribution is 2.45. The van der Waals surface area contributed by atoms with Gasteiger partial charge in [-0.25, -0.2) is 15.0 Å². The molecule has 2 aromatic heterocycles. The van der Waals surface area contributed by atoms with Crippen LogP contribution in [-0.2, 0) is 16.1 Å². The lowest BCUT2D eigenvalue weighted by molar-refractivity contribution is -0.124. The van der Waals surface area contributed by atoms with Gasteiger partial charge >= 0.3 is 0 Å². The molecule has 3 aliphatic rings. The van der Waals surface area contributed by atoms with Gasteiger partial charge in [0, 0.05) is 55.9 Å². The van der Waals surface area contributed by atoms with E-state index in [9.17, 15) is 4.79 Å². The summed E-state index contributed by atoms with van der Waals surface area (Å²) in [6.07, 6.45) is 5.15. The molecule has 0 unspecified atom stereocenters. The van der Waals surface area contributed by atoms with E-state index in [2.05, 4.69) is 42.6 Å². The number of rotatable bonds is 6. The molecule has 6 rings (SSSR count). The Labute approximate surface area is 203 Å². The predicted molar refractivity (Wildman–Crippen MR) is 130 cm³/mol. The number of piperazine rings is 1. The van der Waals surface area contributed by atoms with E-state index in [4.69, 9.17) is 9.15 Å². The zero-order valence-corrected chi connectivity index (χ0v) is 19.8. The Bertz CT molecular complexity index is 1230. The first kappa shape index (κ1) is 22.0. The van der Waals surface area contributed by atoms with E-state index in [1.807, 2.05) is 24.0 Å². The number of nitrogens with one attached hydrogen (secondary N) is 2. The summed E-state index contributed by atoms with van der Waals surface area (Å²) in [4.78, 5) is 30.3. The van der Waals surface area contributed by atoms with E-state index in [1.165, 1.54) is 0 Å². The molecule has 3 aromatic rings. The average molecular weight is 476 g/mol. The molecule has 1 aromatic carbocycles. The van der Waals surface area contributed by atoms with Crippen molar-refractivity contribution >= 4 is 23.6 Å². The molecule has 4 heterocycles. The molecule has 2 N–H and O–H groups in total. The van der Waals surface area contributed by atoms with Crippen LogP contribution in [0.15, 0.2) is 41.1 Å². The maximum atomic E-state index is 12.5. The van der Waals surface area contributed by atoms with Gasteiger partial charge in [-0.3, -0.25) is 9.69 Å². The van der Waals surface area contributed by atoms with Gasteiger partial charge in [-0.15, -0.1) is 0 Å². The summed E-state index contributed by atoms with van der Waals surface area (Å²) in [7, 11) is 0. The van der Waals surface area contributed by atoms with Crippen LogP contribution in [0.5, 0.6) is 0 Å². The molecular formula is C25H29N7O3. The first-order valence-electron chi connectivity index (χ1n) is 12.1. The lowest BCUT2D eigenvalue weighted by Crippen LogP contribution is -2.57. The summed E-state index contributed by atoms with van der Waals surface area (Å²) in [6, 6.07) is 8.65. The van der Waals surface area contributed by atoms with Crippen LogP contribution in [0, 0.1) is 6.92 Å². The maximum Gasteiger partial charge on any atom is 0.298 e. The Kier molecular flexibility index (Phi) is 5.62. The smallest absolute Gasteiger partial charge is 0.298 e. The molecule has 35 heavy (non-hydrogen) atoms. The third-order valence-electron chi connectivity index (χ3n) is 6.85. The average Bonchev–Trinajstić information content (AvgIpc) is 3.48. The number of ether oxygens (including phenoxy) is 1. The highest BCUT2D eigenvalue weighted by atomic mass is 16.5. The van der Waals surface area contributed by atoms with E-state index in [1.54, 1.807) is 12.4 Å². The number of oxazole rings is 1. The SMILES string of the molecule is Cc1ccnc(Nc2cc(CN3CCOCC3)cc(-c3cnc(N4CCNC(=O)C45CC5)o3)c2)n1. The molecule has 0 bridgehead atoms. The molecule has 2 saturated heterocycles. The second-order valence-electron chi connectivity index (χ2n) is 9.40. The van der Waals surface area contributed by atoms with Crippen molar-refractivity contribution in [2.75, 3.05) is 49.6 Å². The Morgan fingerprint density at radius 3 is 2.80 bits per heavy atom. The van der Waals surface area contributed by atoms with Gasteiger partial charge in [-0.2, -0.15) is 0 Å². The van der Waals surface area contributed by atoms with E-state index in [-0.39, 0.29) is 5.91 Å². The topological polar surface area (TPSA) is 109 Å². The molecule has 10 heteroatoms. The van der Waals surface area contributed by atoms with Gasteiger partial charge in [-0.05, 0) is 49.6 Å². The standard InChI is InChI=1S/C25H29N7O3/c1-17-2-5-27-23(29-17)30-20-13-18(16-31-8-10-34-11-9-31)12-19(14-20)21-15-28-24(35-21)32-7-6-26-22(33)25(32)3-4-25/h2,5,12-15H,3-4,6-11,16H2,1H3,(H,26,33)(H,27,29,30). The van der Waals surface area contributed by atoms with Crippen molar-refractivity contribution in [2.45, 2.75) is 31.8 Å². The number of morpholine rings is 1. The van der Waals surface area contributed by atoms with Gasteiger partial charge in [0.15, 0.2) is 5.76 Å². The number of anilines is 3. The van der Waals surface area contributed by atoms with Crippen LogP contribution >= 0.6 is 0 Å². The fourth-order valence-electron chi connectivity index (χ4n) is 4.85. The van der Waals surface area contributed by atoms with Crippen molar-refractivity contribution in [3.63, 3.8) is 0 Å². The third kappa shape index (κ3) is 4.46. The van der Waals surface area contributed by atoms with Crippen molar-refractivity contribution in [3.05, 3.63) is 47.9 Å². The van der Waals surface area contributed by atoms with Gasteiger partial charge in [0.25, 0.3) is 6.01 Å². The number of aryl methyl sites for hydroxylation is 1. The molecule has 182 valence electrons. The molecule has 2 aliphatic heterocycles. The number of nitrogens with zero attached hydrogens (tertiary/aromatic N) is 5. The van der Waals surface area contributed by atoms with Crippen molar-refractivity contribution in [1.29, 1.82) is 0 Å². The number of carbonyl (C=O) groups excluding carboxylic acids is 1. The Hall–Kier alpha value is -3.50. The van der Waals surface area contributed by atoms with E-state index in [0.29, 0.717) is 30.8 Å². The molecule has 1 amide bonds. The van der Waals surface area contributed by atoms with Crippen LogP contribution in [0.4, 0.5) is 17.7 Å². The number of aromatic nitrogens is 3. The summed E-state index contributed by atoms with van der Waals surface area (Å²) in [5, 5.41) is 6.31. The first-order valence-corrected chi connectivity index (χ1v) is 12.1. The van der Waals surface area contributed by atoms with Crippen molar-refractivity contribution in [2.24, 2.45) is 0 Å². The Morgan fingerprint density at radius 1 is 1.14 bits per heavy atom. The molecule has 1 spiro atoms. The summed E-state index contributed by atoms with van der Waals surface area (Å²) in [5.74, 6) is 1.28. The normalized spacial score (nSPS) is 19.6. The van der Waals surface area contributed by atoms with Gasteiger partial charge in [0.05, 0.1) is 19.4 Å². The monoisotopic (exact) mass is 475 g/mol. The molecule has 3 fully saturated rings. The van der Waals surface area contributed by atoms with E-state index < -0.39 is 5.54 Å². The zero-order chi connectivity index (χ0) is 23.8. The number of amides is 1. The molecule has 0 atom stereocenters. The molecule has 0 radical (unpaired) electrons. The highest BCUT2D eigenvalue weighted by molar-refractivity contribution is 5.93. The summed E-state index contributed by atoms with van der Waals surface area (Å²) in [6.45, 7) is 7.34. The van der Waals surface area contributed by atoms with Gasteiger partial charge in [0.2, 0.25) is 11.9 Å². The van der Waals surface area contributed by atoms with Crippen LogP contribution in [0.2, 0.25) is 0 Å². The van der Waals surface area contributed by atoms with Crippen molar-refractivity contribution < 1.29 is 13.9 Å². The minimum atomic E-state index is -0.492. The largest absolute Gasteiger partial charge is 0.423 e. The minimum Gasteiger partial charge on any atom is -0.423 e. The molecule has 1 saturated carbocycles. The van der Waals surface area contributed by atoms with E-state index in [0.717, 1.165) is 68.2 Å². The van der Waals surface area contributed by atoms with Gasteiger partial charge in [-0.1, -0.05) is 0 Å². The Balaban J connectivity index is 1.31. The molecule has 10 nitrogen and oxygen atoms in total. The third-order valence-corrected chi connectivity index (χ3v) is 6.85. The van der Waals surface area contributed by atoms with Gasteiger partial charge < -0.3 is 24.7 Å². The fourth-order valence-corrected chi connectivity index (χ4v) is 4.85. The molecule has 1 aliphatic carbocycles. The minimum absolute atomic E-state index is 0.0700. The van der Waals surface area contributed by atoms with Crippen molar-refractivity contribution in [1.82, 2.24) is 25.2 Å². The van der Waals surface area contributed by atoms with Crippen LogP contribution in [0.1, 0.15) is 24.1 Å². The van der Waals surface area contributed by atoms with Gasteiger partial charge in [0.1, 0.15) is 5.54 Å². The van der Waals surface area contributed by atoms with E-state index >= 15 is 0 Å². The fraction of sp³-hybridized carbons (Fsp3) is 0.440. The summed E-state index contributed by atoms with van der Waals surface area (Å²) < 4.78 is 11.8. The predicted octanol–water partition coefficient (Wildman–Crippen LogP) is 2.48. The second kappa shape index (κ2) is 8.94. The number of hydrogen-bond acceptors (Lipinski definition) is 9. The lowest BCUT2D eigenvalue weighted by atomic mass is 10.1. The first-order chi connectivity index (χ1) is 17.1. The van der Waals surface area contributed by atoms with Crippen molar-refractivity contribution in [3.8, 4) is 11.3 Å². The van der Waals surface area contributed by atoms with Crippen LogP contribution in [0.25, 0.3) is 11.3 Å². The quantitative estimate of drug-likeness (QED) is 0.556. The summed E-state index contributed by atoms with van der Waals surface area (Å²) in [5.41, 5.74) is 3.34. The highest BCUT2D eigenvalue weighted by Gasteiger charge is 2.57. The number of benzene rings is 1. The maximum absolute atomic E-state index is 12.5. The Morgan fingerprint density at radius 2 is 2.00 bits per heavy atom. The summed E-state index contributed by atoms with van der Waals surface area (Å²) >= 11 is 0.